The van der Waals surface area contributed by atoms with Crippen molar-refractivity contribution in [2.45, 2.75) is 19.1 Å². The SMILES string of the molecule is COC(=O)C[C@H](CNC(=O)CBr)NC(=O)OCc1ccccc1. The van der Waals surface area contributed by atoms with E-state index in [0.717, 1.165) is 5.56 Å². The number of ether oxygens (including phenoxy) is 2. The Morgan fingerprint density at radius 2 is 1.91 bits per heavy atom. The Hall–Kier alpha value is -2.09. The highest BCUT2D eigenvalue weighted by Crippen LogP contribution is 2.01. The molecule has 8 heteroatoms. The van der Waals surface area contributed by atoms with Gasteiger partial charge in [0.1, 0.15) is 6.61 Å². The summed E-state index contributed by atoms with van der Waals surface area (Å²) in [5.41, 5.74) is 0.847. The lowest BCUT2D eigenvalue weighted by Crippen LogP contribution is -2.45. The molecule has 2 N–H and O–H groups in total. The van der Waals surface area contributed by atoms with Crippen molar-refractivity contribution in [3.05, 3.63) is 35.9 Å². The number of carbonyl (C=O) groups is 3. The van der Waals surface area contributed by atoms with Gasteiger partial charge >= 0.3 is 12.1 Å². The standard InChI is InChI=1S/C15H19BrN2O5/c1-22-14(20)7-12(9-17-13(19)8-16)18-15(21)23-10-11-5-3-2-4-6-11/h2-6,12H,7-10H2,1H3,(H,17,19)(H,18,21)/t12-/m1/s1. The van der Waals surface area contributed by atoms with E-state index in [4.69, 9.17) is 4.74 Å². The Morgan fingerprint density at radius 1 is 1.22 bits per heavy atom. The van der Waals surface area contributed by atoms with Crippen molar-refractivity contribution in [1.82, 2.24) is 10.6 Å². The van der Waals surface area contributed by atoms with Crippen molar-refractivity contribution >= 4 is 33.9 Å². The molecule has 1 aromatic carbocycles. The van der Waals surface area contributed by atoms with Crippen molar-refractivity contribution in [2.75, 3.05) is 19.0 Å². The van der Waals surface area contributed by atoms with Crippen molar-refractivity contribution in [1.29, 1.82) is 0 Å². The number of alkyl carbamates (subject to hydrolysis) is 1. The summed E-state index contributed by atoms with van der Waals surface area (Å²) in [7, 11) is 1.25. The molecule has 0 heterocycles. The summed E-state index contributed by atoms with van der Waals surface area (Å²) in [4.78, 5) is 34.4. The number of nitrogens with one attached hydrogen (secondary N) is 2. The molecule has 1 atom stereocenters. The molecule has 0 aliphatic heterocycles. The zero-order valence-electron chi connectivity index (χ0n) is 12.7. The summed E-state index contributed by atoms with van der Waals surface area (Å²) >= 11 is 3.02. The minimum Gasteiger partial charge on any atom is -0.469 e. The normalized spacial score (nSPS) is 11.2. The molecule has 0 bridgehead atoms. The highest BCUT2D eigenvalue weighted by atomic mass is 79.9. The first-order valence-electron chi connectivity index (χ1n) is 6.91. The molecule has 0 fully saturated rings. The maximum atomic E-state index is 11.8. The molecule has 0 unspecified atom stereocenters. The third kappa shape index (κ3) is 8.20. The van der Waals surface area contributed by atoms with E-state index in [2.05, 4.69) is 31.3 Å². The van der Waals surface area contributed by atoms with Crippen LogP contribution < -0.4 is 10.6 Å². The van der Waals surface area contributed by atoms with E-state index >= 15 is 0 Å². The Morgan fingerprint density at radius 3 is 2.52 bits per heavy atom. The van der Waals surface area contributed by atoms with Crippen LogP contribution in [0.25, 0.3) is 0 Å². The first-order valence-corrected chi connectivity index (χ1v) is 8.04. The van der Waals surface area contributed by atoms with Gasteiger partial charge in [-0.15, -0.1) is 0 Å². The van der Waals surface area contributed by atoms with Gasteiger partial charge in [0.15, 0.2) is 0 Å². The number of carbonyl (C=O) groups excluding carboxylic acids is 3. The van der Waals surface area contributed by atoms with Gasteiger partial charge in [-0.05, 0) is 5.56 Å². The molecule has 1 rings (SSSR count). The van der Waals surface area contributed by atoms with Crippen LogP contribution in [0.5, 0.6) is 0 Å². The zero-order valence-corrected chi connectivity index (χ0v) is 14.3. The first kappa shape index (κ1) is 19.0. The predicted molar refractivity (Wildman–Crippen MR) is 87.0 cm³/mol. The molecule has 0 aromatic heterocycles. The van der Waals surface area contributed by atoms with Crippen molar-refractivity contribution in [3.8, 4) is 0 Å². The van der Waals surface area contributed by atoms with Crippen LogP contribution >= 0.6 is 15.9 Å². The largest absolute Gasteiger partial charge is 0.469 e. The number of rotatable bonds is 8. The molecule has 0 aliphatic carbocycles. The van der Waals surface area contributed by atoms with Gasteiger partial charge in [-0.1, -0.05) is 46.3 Å². The summed E-state index contributed by atoms with van der Waals surface area (Å²) in [6, 6.07) is 8.58. The van der Waals surface area contributed by atoms with Crippen LogP contribution in [0.1, 0.15) is 12.0 Å². The predicted octanol–water partition coefficient (Wildman–Crippen LogP) is 1.36. The Kier molecular flexibility index (Phi) is 8.74. The quantitative estimate of drug-likeness (QED) is 0.519. The molecule has 23 heavy (non-hydrogen) atoms. The molecule has 0 radical (unpaired) electrons. The zero-order chi connectivity index (χ0) is 17.1. The van der Waals surface area contributed by atoms with E-state index in [-0.39, 0.29) is 30.8 Å². The number of hydrogen-bond acceptors (Lipinski definition) is 5. The molecule has 0 saturated carbocycles. The number of methoxy groups -OCH3 is 1. The van der Waals surface area contributed by atoms with E-state index in [9.17, 15) is 14.4 Å². The van der Waals surface area contributed by atoms with Gasteiger partial charge in [-0.25, -0.2) is 4.79 Å². The van der Waals surface area contributed by atoms with Crippen LogP contribution in [0.15, 0.2) is 30.3 Å². The van der Waals surface area contributed by atoms with Gasteiger partial charge in [0.25, 0.3) is 0 Å². The number of esters is 1. The summed E-state index contributed by atoms with van der Waals surface area (Å²) in [5, 5.41) is 5.25. The third-order valence-electron chi connectivity index (χ3n) is 2.84. The third-order valence-corrected chi connectivity index (χ3v) is 3.35. The van der Waals surface area contributed by atoms with E-state index in [1.54, 1.807) is 0 Å². The topological polar surface area (TPSA) is 93.7 Å². The average Bonchev–Trinajstić information content (AvgIpc) is 2.58. The van der Waals surface area contributed by atoms with Gasteiger partial charge in [0, 0.05) is 6.54 Å². The lowest BCUT2D eigenvalue weighted by Gasteiger charge is -2.18. The number of halogens is 1. The van der Waals surface area contributed by atoms with E-state index in [1.165, 1.54) is 7.11 Å². The molecule has 7 nitrogen and oxygen atoms in total. The number of benzene rings is 1. The minimum atomic E-state index is -0.671. The fourth-order valence-electron chi connectivity index (χ4n) is 1.67. The molecular weight excluding hydrogens is 368 g/mol. The van der Waals surface area contributed by atoms with Gasteiger partial charge in [-0.2, -0.15) is 0 Å². The lowest BCUT2D eigenvalue weighted by atomic mass is 10.2. The van der Waals surface area contributed by atoms with Gasteiger partial charge in [0.2, 0.25) is 5.91 Å². The Bertz CT molecular complexity index is 524. The molecule has 0 saturated heterocycles. The monoisotopic (exact) mass is 386 g/mol. The maximum Gasteiger partial charge on any atom is 0.407 e. The van der Waals surface area contributed by atoms with Gasteiger partial charge < -0.3 is 20.1 Å². The average molecular weight is 387 g/mol. The summed E-state index contributed by atoms with van der Waals surface area (Å²) in [6.45, 7) is 0.214. The van der Waals surface area contributed by atoms with Crippen molar-refractivity contribution < 1.29 is 23.9 Å². The molecule has 0 spiro atoms. The van der Waals surface area contributed by atoms with Crippen LogP contribution in [0, 0.1) is 0 Å². The second kappa shape index (κ2) is 10.6. The summed E-state index contributed by atoms with van der Waals surface area (Å²) in [6.07, 6.45) is -0.740. The molecule has 1 aromatic rings. The number of hydrogen-bond donors (Lipinski definition) is 2. The fraction of sp³-hybridized carbons (Fsp3) is 0.400. The second-order valence-electron chi connectivity index (χ2n) is 4.62. The smallest absolute Gasteiger partial charge is 0.407 e. The highest BCUT2D eigenvalue weighted by molar-refractivity contribution is 9.09. The Balaban J connectivity index is 2.48. The summed E-state index contributed by atoms with van der Waals surface area (Å²) < 4.78 is 9.65. The van der Waals surface area contributed by atoms with Crippen LogP contribution in [0.3, 0.4) is 0 Å². The molecule has 2 amide bonds. The number of alkyl halides is 1. The highest BCUT2D eigenvalue weighted by Gasteiger charge is 2.18. The van der Waals surface area contributed by atoms with Crippen molar-refractivity contribution in [2.24, 2.45) is 0 Å². The molecular formula is C15H19BrN2O5. The number of amides is 2. The van der Waals surface area contributed by atoms with E-state index in [0.29, 0.717) is 0 Å². The minimum absolute atomic E-state index is 0.0699. The first-order chi connectivity index (χ1) is 11.0. The summed E-state index contributed by atoms with van der Waals surface area (Å²) in [5.74, 6) is -0.745. The lowest BCUT2D eigenvalue weighted by molar-refractivity contribution is -0.141. The van der Waals surface area contributed by atoms with Crippen LogP contribution in [-0.2, 0) is 25.7 Å². The van der Waals surface area contributed by atoms with E-state index in [1.807, 2.05) is 30.3 Å². The second-order valence-corrected chi connectivity index (χ2v) is 5.18. The van der Waals surface area contributed by atoms with Gasteiger partial charge in [-0.3, -0.25) is 9.59 Å². The van der Waals surface area contributed by atoms with Crippen molar-refractivity contribution in [3.63, 3.8) is 0 Å². The van der Waals surface area contributed by atoms with Crippen LogP contribution in [0.2, 0.25) is 0 Å². The molecule has 126 valence electrons. The maximum absolute atomic E-state index is 11.8. The van der Waals surface area contributed by atoms with Gasteiger partial charge in [0.05, 0.1) is 24.9 Å². The van der Waals surface area contributed by atoms with Crippen LogP contribution in [-0.4, -0.2) is 43.0 Å². The Labute approximate surface area is 142 Å². The molecule has 0 aliphatic rings. The van der Waals surface area contributed by atoms with E-state index < -0.39 is 18.1 Å². The van der Waals surface area contributed by atoms with Crippen LogP contribution in [0.4, 0.5) is 4.79 Å². The fourth-order valence-corrected chi connectivity index (χ4v) is 1.87.